The van der Waals surface area contributed by atoms with Crippen LogP contribution in [0.25, 0.3) is 0 Å². The zero-order valence-electron chi connectivity index (χ0n) is 17.4. The third-order valence-electron chi connectivity index (χ3n) is 5.45. The van der Waals surface area contributed by atoms with Crippen LogP contribution in [0.5, 0.6) is 0 Å². The van der Waals surface area contributed by atoms with Gasteiger partial charge in [-0.25, -0.2) is 0 Å². The van der Waals surface area contributed by atoms with E-state index in [1.54, 1.807) is 19.2 Å². The predicted octanol–water partition coefficient (Wildman–Crippen LogP) is 4.55. The van der Waals surface area contributed by atoms with Gasteiger partial charge in [-0.2, -0.15) is 0 Å². The molecule has 0 aliphatic heterocycles. The van der Waals surface area contributed by atoms with Gasteiger partial charge < -0.3 is 20.4 Å². The molecule has 1 aliphatic rings. The highest BCUT2D eigenvalue weighted by atomic mass is 127. The van der Waals surface area contributed by atoms with Crippen LogP contribution in [0, 0.1) is 0 Å². The Morgan fingerprint density at radius 3 is 2.52 bits per heavy atom. The maximum atomic E-state index is 12.2. The van der Waals surface area contributed by atoms with Crippen molar-refractivity contribution in [1.29, 1.82) is 0 Å². The van der Waals surface area contributed by atoms with Crippen molar-refractivity contribution in [2.45, 2.75) is 24.8 Å². The Kier molecular flexibility index (Phi) is 7.73. The number of carbonyl (C=O) groups is 1. The van der Waals surface area contributed by atoms with Crippen LogP contribution >= 0.6 is 24.0 Å². The van der Waals surface area contributed by atoms with Crippen LogP contribution in [-0.4, -0.2) is 25.5 Å². The number of hydrogen-bond acceptors (Lipinski definition) is 3. The zero-order valence-corrected chi connectivity index (χ0v) is 19.8. The van der Waals surface area contributed by atoms with Crippen molar-refractivity contribution < 1.29 is 9.21 Å². The van der Waals surface area contributed by atoms with E-state index in [4.69, 9.17) is 4.42 Å². The summed E-state index contributed by atoms with van der Waals surface area (Å²) >= 11 is 0. The van der Waals surface area contributed by atoms with Crippen molar-refractivity contribution in [3.63, 3.8) is 0 Å². The molecule has 31 heavy (non-hydrogen) atoms. The van der Waals surface area contributed by atoms with Gasteiger partial charge in [0.25, 0.3) is 5.91 Å². The third-order valence-corrected chi connectivity index (χ3v) is 5.45. The number of rotatable bonds is 7. The zero-order chi connectivity index (χ0) is 20.8. The van der Waals surface area contributed by atoms with E-state index in [9.17, 15) is 4.79 Å². The van der Waals surface area contributed by atoms with Gasteiger partial charge in [-0.3, -0.25) is 9.79 Å². The number of furan rings is 1. The van der Waals surface area contributed by atoms with E-state index in [2.05, 4.69) is 51.3 Å². The second-order valence-electron chi connectivity index (χ2n) is 7.56. The van der Waals surface area contributed by atoms with Gasteiger partial charge in [-0.05, 0) is 48.2 Å². The summed E-state index contributed by atoms with van der Waals surface area (Å²) in [5.74, 6) is 0.788. The van der Waals surface area contributed by atoms with E-state index in [0.29, 0.717) is 6.54 Å². The van der Waals surface area contributed by atoms with Crippen molar-refractivity contribution in [2.75, 3.05) is 18.9 Å². The molecule has 1 aromatic heterocycles. The van der Waals surface area contributed by atoms with E-state index in [1.165, 1.54) is 24.7 Å². The van der Waals surface area contributed by atoms with E-state index in [0.717, 1.165) is 23.8 Å². The van der Waals surface area contributed by atoms with E-state index >= 15 is 0 Å². The number of benzene rings is 2. The van der Waals surface area contributed by atoms with Crippen LogP contribution in [0.2, 0.25) is 0 Å². The molecule has 3 N–H and O–H groups in total. The second-order valence-corrected chi connectivity index (χ2v) is 7.56. The van der Waals surface area contributed by atoms with E-state index in [-0.39, 0.29) is 41.1 Å². The average molecular weight is 530 g/mol. The Bertz CT molecular complexity index is 1020. The Balaban J connectivity index is 0.00000272. The minimum Gasteiger partial charge on any atom is -0.459 e. The van der Waals surface area contributed by atoms with Crippen LogP contribution in [0.4, 0.5) is 5.69 Å². The number of carbonyl (C=O) groups excluding carboxylic acids is 1. The maximum absolute atomic E-state index is 12.2. The first-order valence-electron chi connectivity index (χ1n) is 10.1. The lowest BCUT2D eigenvalue weighted by Crippen LogP contribution is -2.40. The molecule has 0 spiro atoms. The lowest BCUT2D eigenvalue weighted by molar-refractivity contribution is 0.0996. The fraction of sp³-hybridized carbons (Fsp3) is 0.250. The molecule has 1 fully saturated rings. The van der Waals surface area contributed by atoms with Crippen LogP contribution in [-0.2, 0) is 12.0 Å². The fourth-order valence-electron chi connectivity index (χ4n) is 3.53. The smallest absolute Gasteiger partial charge is 0.291 e. The topological polar surface area (TPSA) is 78.7 Å². The molecular formula is C24H27IN4O2. The standard InChI is InChI=1S/C24H26N4O2.HI/c1-25-23(27-17-24(12-13-24)19-8-3-2-4-9-19)26-16-18-7-5-10-20(15-18)28-22(29)21-11-6-14-30-21;/h2-11,14-15H,12-13,16-17H2,1H3,(H,28,29)(H2,25,26,27);1H. The molecule has 0 atom stereocenters. The highest BCUT2D eigenvalue weighted by Gasteiger charge is 2.43. The van der Waals surface area contributed by atoms with Crippen molar-refractivity contribution >= 4 is 41.5 Å². The SMILES string of the molecule is CN=C(NCc1cccc(NC(=O)c2ccco2)c1)NCC1(c2ccccc2)CC1.I. The van der Waals surface area contributed by atoms with Crippen molar-refractivity contribution in [3.05, 3.63) is 89.9 Å². The third kappa shape index (κ3) is 5.88. The molecule has 0 saturated heterocycles. The largest absolute Gasteiger partial charge is 0.459 e. The number of hydrogen-bond donors (Lipinski definition) is 3. The molecule has 7 heteroatoms. The van der Waals surface area contributed by atoms with Crippen molar-refractivity contribution in [3.8, 4) is 0 Å². The molecule has 0 bridgehead atoms. The highest BCUT2D eigenvalue weighted by molar-refractivity contribution is 14.0. The summed E-state index contributed by atoms with van der Waals surface area (Å²) in [5.41, 5.74) is 3.36. The normalized spacial score (nSPS) is 14.3. The van der Waals surface area contributed by atoms with E-state index in [1.807, 2.05) is 24.3 Å². The minimum atomic E-state index is -0.266. The van der Waals surface area contributed by atoms with Gasteiger partial charge in [-0.1, -0.05) is 42.5 Å². The maximum Gasteiger partial charge on any atom is 0.291 e. The first-order chi connectivity index (χ1) is 14.7. The highest BCUT2D eigenvalue weighted by Crippen LogP contribution is 2.47. The lowest BCUT2D eigenvalue weighted by atomic mass is 9.96. The summed E-state index contributed by atoms with van der Waals surface area (Å²) in [4.78, 5) is 16.5. The Morgan fingerprint density at radius 2 is 1.84 bits per heavy atom. The Hall–Kier alpha value is -2.81. The molecule has 1 saturated carbocycles. The molecule has 3 aromatic rings. The molecule has 1 aliphatic carbocycles. The number of halogens is 1. The van der Waals surface area contributed by atoms with Crippen LogP contribution < -0.4 is 16.0 Å². The molecule has 162 valence electrons. The number of aliphatic imine (C=N–C) groups is 1. The molecule has 0 radical (unpaired) electrons. The molecular weight excluding hydrogens is 503 g/mol. The molecule has 1 heterocycles. The van der Waals surface area contributed by atoms with Crippen LogP contribution in [0.15, 0.2) is 82.4 Å². The first kappa shape index (κ1) is 22.9. The molecule has 0 unspecified atom stereocenters. The number of amides is 1. The fourth-order valence-corrected chi connectivity index (χ4v) is 3.53. The first-order valence-corrected chi connectivity index (χ1v) is 10.1. The lowest BCUT2D eigenvalue weighted by Gasteiger charge is -2.19. The molecule has 6 nitrogen and oxygen atoms in total. The number of guanidine groups is 1. The monoisotopic (exact) mass is 530 g/mol. The predicted molar refractivity (Wildman–Crippen MR) is 134 cm³/mol. The van der Waals surface area contributed by atoms with Gasteiger partial charge in [0.05, 0.1) is 6.26 Å². The van der Waals surface area contributed by atoms with Crippen molar-refractivity contribution in [2.24, 2.45) is 4.99 Å². The van der Waals surface area contributed by atoms with Crippen LogP contribution in [0.1, 0.15) is 34.5 Å². The Labute approximate surface area is 199 Å². The summed E-state index contributed by atoms with van der Waals surface area (Å²) in [6.07, 6.45) is 3.87. The number of nitrogens with zero attached hydrogens (tertiary/aromatic N) is 1. The van der Waals surface area contributed by atoms with Gasteiger partial charge in [0.1, 0.15) is 0 Å². The summed E-state index contributed by atoms with van der Waals surface area (Å²) in [6.45, 7) is 1.46. The molecule has 2 aromatic carbocycles. The van der Waals surface area contributed by atoms with Gasteiger partial charge in [0.2, 0.25) is 0 Å². The second kappa shape index (κ2) is 10.5. The molecule has 4 rings (SSSR count). The Morgan fingerprint density at radius 1 is 1.03 bits per heavy atom. The average Bonchev–Trinajstić information content (AvgIpc) is 3.37. The van der Waals surface area contributed by atoms with Gasteiger partial charge in [0.15, 0.2) is 11.7 Å². The number of nitrogens with one attached hydrogen (secondary N) is 3. The quantitative estimate of drug-likeness (QED) is 0.238. The summed E-state index contributed by atoms with van der Waals surface area (Å²) < 4.78 is 5.13. The summed E-state index contributed by atoms with van der Waals surface area (Å²) in [5, 5.41) is 9.67. The van der Waals surface area contributed by atoms with Crippen molar-refractivity contribution in [1.82, 2.24) is 10.6 Å². The number of anilines is 1. The van der Waals surface area contributed by atoms with Gasteiger partial charge in [-0.15, -0.1) is 24.0 Å². The minimum absolute atomic E-state index is 0. The van der Waals surface area contributed by atoms with Gasteiger partial charge >= 0.3 is 0 Å². The van der Waals surface area contributed by atoms with Gasteiger partial charge in [0, 0.05) is 31.2 Å². The molecule has 1 amide bonds. The summed E-state index contributed by atoms with van der Waals surface area (Å²) in [6, 6.07) is 21.7. The summed E-state index contributed by atoms with van der Waals surface area (Å²) in [7, 11) is 1.78. The van der Waals surface area contributed by atoms with E-state index < -0.39 is 0 Å². The van der Waals surface area contributed by atoms with Crippen LogP contribution in [0.3, 0.4) is 0 Å².